The van der Waals surface area contributed by atoms with E-state index in [0.717, 1.165) is 6.42 Å². The van der Waals surface area contributed by atoms with Gasteiger partial charge in [-0.15, -0.1) is 0 Å². The molecule has 0 aliphatic carbocycles. The fraction of sp³-hybridized carbons (Fsp3) is 0.0667. The van der Waals surface area contributed by atoms with E-state index in [-0.39, 0.29) is 37.7 Å². The fourth-order valence-corrected chi connectivity index (χ4v) is 1.43. The summed E-state index contributed by atoms with van der Waals surface area (Å²) in [6, 6.07) is 21.1. The van der Waals surface area contributed by atoms with Crippen LogP contribution in [0.15, 0.2) is 60.7 Å². The van der Waals surface area contributed by atoms with E-state index in [2.05, 4.69) is 60.7 Å². The molecule has 0 spiro atoms. The topological polar surface area (TPSA) is 78.7 Å². The van der Waals surface area contributed by atoms with Gasteiger partial charge in [-0.25, -0.2) is 0 Å². The fourth-order valence-electron chi connectivity index (χ4n) is 1.43. The molecule has 0 atom stereocenters. The number of nitrogens with zero attached hydrogens (tertiary/aromatic N) is 2. The van der Waals surface area contributed by atoms with Crippen molar-refractivity contribution in [2.75, 3.05) is 0 Å². The average Bonchev–Trinajstić information content (AvgIpc) is 2.43. The first-order chi connectivity index (χ1) is 9.28. The second-order valence-corrected chi connectivity index (χ2v) is 3.33. The molecule has 2 aromatic carbocycles. The van der Waals surface area contributed by atoms with Gasteiger partial charge in [-0.3, -0.25) is 9.59 Å². The van der Waals surface area contributed by atoms with Crippen molar-refractivity contribution in [3.05, 3.63) is 82.6 Å². The molecule has 6 heteroatoms. The van der Waals surface area contributed by atoms with Gasteiger partial charge in [-0.1, -0.05) is 60.7 Å². The Bertz CT molecular complexity index is 472. The first-order valence-corrected chi connectivity index (χ1v) is 5.38. The first-order valence-electron chi connectivity index (χ1n) is 5.38. The van der Waals surface area contributed by atoms with Crippen molar-refractivity contribution >= 4 is 12.2 Å². The van der Waals surface area contributed by atoms with Crippen LogP contribution in [0.5, 0.6) is 0 Å². The number of hydrogen-bond donors (Lipinski definition) is 0. The van der Waals surface area contributed by atoms with Crippen LogP contribution in [0, 0.1) is 0 Å². The maximum absolute atomic E-state index is 8.24. The molecule has 2 aromatic rings. The Balaban J connectivity index is -0.000000355. The monoisotopic (exact) mass is 266 g/mol. The molecule has 4 nitrogen and oxygen atoms in total. The average molecular weight is 266 g/mol. The Kier molecular flexibility index (Phi) is 21.4. The molecule has 0 aliphatic heterocycles. The Morgan fingerprint density at radius 3 is 1.14 bits per heavy atom. The predicted molar refractivity (Wildman–Crippen MR) is 73.8 cm³/mol. The van der Waals surface area contributed by atoms with E-state index >= 15 is 0 Å². The van der Waals surface area contributed by atoms with Crippen LogP contribution in [0.25, 0.3) is 10.8 Å². The zero-order valence-corrected chi connectivity index (χ0v) is 12.2. The molecule has 0 unspecified atom stereocenters. The van der Waals surface area contributed by atoms with Crippen LogP contribution < -0.4 is 37.7 Å². The molecule has 2 rings (SSSR count). The van der Waals surface area contributed by atoms with Crippen LogP contribution in [0.3, 0.4) is 0 Å². The summed E-state index contributed by atoms with van der Waals surface area (Å²) in [6.07, 6.45) is 2.03. The van der Waals surface area contributed by atoms with E-state index in [4.69, 9.17) is 20.4 Å². The number of hydrogen-bond acceptors (Lipinski definition) is 2. The van der Waals surface area contributed by atoms with Crippen LogP contribution in [-0.4, -0.2) is 12.2 Å². The molecule has 0 N–H and O–H groups in total. The Hall–Kier alpha value is -1.61. The van der Waals surface area contributed by atoms with Crippen molar-refractivity contribution in [3.8, 4) is 0 Å². The van der Waals surface area contributed by atoms with Gasteiger partial charge in [0.15, 0.2) is 0 Å². The SMILES string of the molecule is [Li+].[Li+].[N-]=C=O.[N-]=C=O.c1ccc(Cc2ccccc2)cc1. The van der Waals surface area contributed by atoms with Crippen LogP contribution in [0.1, 0.15) is 11.1 Å². The summed E-state index contributed by atoms with van der Waals surface area (Å²) >= 11 is 0. The Morgan fingerprint density at radius 1 is 0.667 bits per heavy atom. The summed E-state index contributed by atoms with van der Waals surface area (Å²) in [4.78, 5) is 16.5. The minimum Gasteiger partial charge on any atom is -0.724 e. The third-order valence-corrected chi connectivity index (χ3v) is 2.09. The summed E-state index contributed by atoms with van der Waals surface area (Å²) < 4.78 is 0. The van der Waals surface area contributed by atoms with Crippen molar-refractivity contribution in [1.29, 1.82) is 0 Å². The molecule has 21 heavy (non-hydrogen) atoms. The van der Waals surface area contributed by atoms with Gasteiger partial charge in [-0.05, 0) is 29.7 Å². The zero-order valence-electron chi connectivity index (χ0n) is 12.2. The van der Waals surface area contributed by atoms with Crippen LogP contribution >= 0.6 is 0 Å². The van der Waals surface area contributed by atoms with E-state index in [1.165, 1.54) is 11.1 Å². The van der Waals surface area contributed by atoms with Gasteiger partial charge < -0.3 is 10.8 Å². The van der Waals surface area contributed by atoms with E-state index in [9.17, 15) is 0 Å². The molecule has 96 valence electrons. The van der Waals surface area contributed by atoms with E-state index in [0.29, 0.717) is 12.2 Å². The number of isocyanates is 2. The summed E-state index contributed by atoms with van der Waals surface area (Å²) in [6.45, 7) is 0. The Labute approximate surface area is 148 Å². The second kappa shape index (κ2) is 18.4. The maximum Gasteiger partial charge on any atom is 1.00 e. The predicted octanol–water partition coefficient (Wildman–Crippen LogP) is -2.93. The molecular formula is C15H12Li2N2O2. The van der Waals surface area contributed by atoms with Crippen LogP contribution in [-0.2, 0) is 16.0 Å². The summed E-state index contributed by atoms with van der Waals surface area (Å²) in [5, 5.41) is 13.5. The van der Waals surface area contributed by atoms with Crippen molar-refractivity contribution in [1.82, 2.24) is 0 Å². The van der Waals surface area contributed by atoms with Gasteiger partial charge in [0.1, 0.15) is 0 Å². The minimum absolute atomic E-state index is 0. The van der Waals surface area contributed by atoms with Crippen molar-refractivity contribution < 1.29 is 47.3 Å². The van der Waals surface area contributed by atoms with Gasteiger partial charge in [0, 0.05) is 0 Å². The van der Waals surface area contributed by atoms with Gasteiger partial charge >= 0.3 is 37.7 Å². The molecular weight excluding hydrogens is 254 g/mol. The molecule has 0 bridgehead atoms. The largest absolute Gasteiger partial charge is 1.00 e. The molecule has 0 heterocycles. The normalized spacial score (nSPS) is 6.86. The third-order valence-electron chi connectivity index (χ3n) is 2.09. The minimum atomic E-state index is 0. The van der Waals surface area contributed by atoms with Gasteiger partial charge in [0.25, 0.3) is 0 Å². The standard InChI is InChI=1S/C13H12.2CNO.2Li/c1-3-7-12(8-4-1)11-13-9-5-2-6-10-13;2*2-1-3;;/h1-10H,11H2;;;;/q;2*-1;2*+1. The quantitative estimate of drug-likeness (QED) is 0.331. The summed E-state index contributed by atoms with van der Waals surface area (Å²) in [5.41, 5.74) is 2.74. The Morgan fingerprint density at radius 2 is 0.905 bits per heavy atom. The zero-order chi connectivity index (χ0) is 14.3. The van der Waals surface area contributed by atoms with Crippen molar-refractivity contribution in [3.63, 3.8) is 0 Å². The smallest absolute Gasteiger partial charge is 0.724 e. The number of carbonyl (C=O) groups excluding carboxylic acids is 2. The molecule has 0 aromatic heterocycles. The molecule has 0 saturated carbocycles. The first kappa shape index (κ1) is 24.4. The van der Waals surface area contributed by atoms with Gasteiger partial charge in [0.2, 0.25) is 0 Å². The van der Waals surface area contributed by atoms with E-state index in [1.807, 2.05) is 0 Å². The van der Waals surface area contributed by atoms with Crippen molar-refractivity contribution in [2.45, 2.75) is 6.42 Å². The second-order valence-electron chi connectivity index (χ2n) is 3.33. The summed E-state index contributed by atoms with van der Waals surface area (Å²) in [5.74, 6) is 0. The van der Waals surface area contributed by atoms with Crippen molar-refractivity contribution in [2.24, 2.45) is 0 Å². The van der Waals surface area contributed by atoms with Crippen LogP contribution in [0.4, 0.5) is 0 Å². The number of benzene rings is 2. The molecule has 0 radical (unpaired) electrons. The molecule has 0 saturated heterocycles. The third kappa shape index (κ3) is 14.6. The molecule has 0 amide bonds. The number of rotatable bonds is 2. The molecule has 0 aliphatic rings. The van der Waals surface area contributed by atoms with E-state index < -0.39 is 0 Å². The molecule has 0 fully saturated rings. The van der Waals surface area contributed by atoms with Gasteiger partial charge in [0.05, 0.1) is 0 Å². The van der Waals surface area contributed by atoms with Crippen LogP contribution in [0.2, 0.25) is 0 Å². The van der Waals surface area contributed by atoms with E-state index in [1.54, 1.807) is 0 Å². The summed E-state index contributed by atoms with van der Waals surface area (Å²) in [7, 11) is 0. The maximum atomic E-state index is 8.24. The van der Waals surface area contributed by atoms with Gasteiger partial charge in [-0.2, -0.15) is 0 Å².